The molecule has 56 valence electrons. The van der Waals surface area contributed by atoms with E-state index in [-0.39, 0.29) is 0 Å². The molecule has 0 saturated carbocycles. The number of hydrogen-bond acceptors (Lipinski definition) is 2. The van der Waals surface area contributed by atoms with Gasteiger partial charge >= 0.3 is 64.1 Å². The molecular formula is C6H14INO. The zero-order valence-electron chi connectivity index (χ0n) is 5.82. The van der Waals surface area contributed by atoms with Crippen LogP contribution >= 0.6 is 20.2 Å². The molecule has 9 heavy (non-hydrogen) atoms. The molecule has 1 aliphatic heterocycles. The second-order valence-electron chi connectivity index (χ2n) is 1.93. The van der Waals surface area contributed by atoms with Gasteiger partial charge in [-0.15, -0.1) is 0 Å². The van der Waals surface area contributed by atoms with Crippen LogP contribution < -0.4 is 5.32 Å². The topological polar surface area (TPSA) is 21.3 Å². The van der Waals surface area contributed by atoms with E-state index < -0.39 is 20.2 Å². The van der Waals surface area contributed by atoms with Crippen LogP contribution in [0.15, 0.2) is 0 Å². The van der Waals surface area contributed by atoms with Crippen LogP contribution in [0.25, 0.3) is 0 Å². The van der Waals surface area contributed by atoms with E-state index >= 15 is 0 Å². The Morgan fingerprint density at radius 2 is 2.11 bits per heavy atom. The Labute approximate surface area is 64.3 Å². The third kappa shape index (κ3) is 2.82. The summed E-state index contributed by atoms with van der Waals surface area (Å²) < 4.78 is 8.29. The summed E-state index contributed by atoms with van der Waals surface area (Å²) in [6.07, 6.45) is 0. The first kappa shape index (κ1) is 7.75. The van der Waals surface area contributed by atoms with E-state index in [2.05, 4.69) is 12.2 Å². The Bertz CT molecular complexity index is 70.7. The molecule has 1 fully saturated rings. The molecule has 1 saturated heterocycles. The molecule has 0 aromatic carbocycles. The van der Waals surface area contributed by atoms with Crippen molar-refractivity contribution < 1.29 is 3.07 Å². The molecule has 1 rings (SSSR count). The summed E-state index contributed by atoms with van der Waals surface area (Å²) in [5.74, 6) is 0. The van der Waals surface area contributed by atoms with E-state index in [0.29, 0.717) is 0 Å². The molecule has 0 bridgehead atoms. The molecule has 1 N–H and O–H groups in total. The Morgan fingerprint density at radius 3 is 2.67 bits per heavy atom. The fraction of sp³-hybridized carbons (Fsp3) is 1.00. The Kier molecular flexibility index (Phi) is 3.85. The molecule has 1 heterocycles. The third-order valence-corrected chi connectivity index (χ3v) is 6.22. The van der Waals surface area contributed by atoms with E-state index in [1.54, 1.807) is 0 Å². The van der Waals surface area contributed by atoms with Crippen molar-refractivity contribution in [2.24, 2.45) is 0 Å². The molecule has 2 nitrogen and oxygen atoms in total. The van der Waals surface area contributed by atoms with Gasteiger partial charge in [-0.05, 0) is 0 Å². The van der Waals surface area contributed by atoms with Crippen molar-refractivity contribution in [3.05, 3.63) is 0 Å². The van der Waals surface area contributed by atoms with Gasteiger partial charge in [0.25, 0.3) is 0 Å². The van der Waals surface area contributed by atoms with E-state index in [1.807, 2.05) is 0 Å². The first-order valence-corrected chi connectivity index (χ1v) is 7.32. The van der Waals surface area contributed by atoms with Crippen LogP contribution in [0.5, 0.6) is 0 Å². The summed E-state index contributed by atoms with van der Waals surface area (Å²) in [5, 5.41) is 3.33. The van der Waals surface area contributed by atoms with Gasteiger partial charge in [0.2, 0.25) is 0 Å². The van der Waals surface area contributed by atoms with Gasteiger partial charge in [-0.1, -0.05) is 0 Å². The molecule has 1 aliphatic rings. The Balaban J connectivity index is 2.08. The van der Waals surface area contributed by atoms with Gasteiger partial charge in [-0.25, -0.2) is 0 Å². The molecule has 0 amide bonds. The van der Waals surface area contributed by atoms with Crippen LogP contribution in [0.3, 0.4) is 0 Å². The summed E-state index contributed by atoms with van der Waals surface area (Å²) in [6.45, 7) is 5.43. The summed E-state index contributed by atoms with van der Waals surface area (Å²) in [7, 11) is 0. The first-order chi connectivity index (χ1) is 4.43. The molecule has 0 atom stereocenters. The molecule has 0 radical (unpaired) electrons. The number of hydrogen-bond donors (Lipinski definition) is 1. The van der Waals surface area contributed by atoms with Gasteiger partial charge in [-0.3, -0.25) is 0 Å². The Morgan fingerprint density at radius 1 is 1.44 bits per heavy atom. The van der Waals surface area contributed by atoms with Crippen molar-refractivity contribution in [2.75, 3.05) is 28.6 Å². The second-order valence-corrected chi connectivity index (χ2v) is 7.04. The van der Waals surface area contributed by atoms with Crippen LogP contribution in [-0.4, -0.2) is 28.6 Å². The molecule has 0 aromatic rings. The van der Waals surface area contributed by atoms with Crippen LogP contribution in [0.1, 0.15) is 6.92 Å². The zero-order chi connectivity index (χ0) is 6.53. The molecule has 0 aliphatic carbocycles. The van der Waals surface area contributed by atoms with Crippen molar-refractivity contribution in [1.82, 2.24) is 5.32 Å². The van der Waals surface area contributed by atoms with E-state index in [0.717, 1.165) is 6.61 Å². The van der Waals surface area contributed by atoms with Crippen molar-refractivity contribution in [3.8, 4) is 0 Å². The molecular weight excluding hydrogens is 229 g/mol. The average molecular weight is 243 g/mol. The minimum absolute atomic E-state index is 0.846. The van der Waals surface area contributed by atoms with Gasteiger partial charge in [0.05, 0.1) is 0 Å². The third-order valence-electron chi connectivity index (χ3n) is 1.23. The maximum atomic E-state index is 5.60. The quantitative estimate of drug-likeness (QED) is 0.578. The number of alkyl halides is 2. The number of rotatable bonds is 2. The Hall–Kier alpha value is 0.650. The van der Waals surface area contributed by atoms with Gasteiger partial charge in [-0.2, -0.15) is 0 Å². The van der Waals surface area contributed by atoms with E-state index in [1.165, 1.54) is 21.9 Å². The minimum atomic E-state index is -0.846. The van der Waals surface area contributed by atoms with Crippen LogP contribution in [-0.2, 0) is 3.07 Å². The monoisotopic (exact) mass is 243 g/mol. The first-order valence-electron chi connectivity index (χ1n) is 3.39. The van der Waals surface area contributed by atoms with Crippen LogP contribution in [0, 0.1) is 0 Å². The normalized spacial score (nSPS) is 24.3. The molecule has 0 aromatic heterocycles. The second kappa shape index (κ2) is 4.46. The number of nitrogens with one attached hydrogen (secondary N) is 1. The summed E-state index contributed by atoms with van der Waals surface area (Å²) in [5.41, 5.74) is 0. The molecule has 0 spiro atoms. The van der Waals surface area contributed by atoms with E-state index in [9.17, 15) is 0 Å². The zero-order valence-corrected chi connectivity index (χ0v) is 7.98. The SMILES string of the molecule is CCOI1CCNCC1. The number of halogens is 1. The summed E-state index contributed by atoms with van der Waals surface area (Å²) >= 11 is -0.846. The van der Waals surface area contributed by atoms with Gasteiger partial charge in [0, 0.05) is 0 Å². The van der Waals surface area contributed by atoms with Gasteiger partial charge < -0.3 is 0 Å². The fourth-order valence-corrected chi connectivity index (χ4v) is 4.84. The van der Waals surface area contributed by atoms with Crippen molar-refractivity contribution in [3.63, 3.8) is 0 Å². The van der Waals surface area contributed by atoms with Crippen molar-refractivity contribution >= 4 is 20.2 Å². The average Bonchev–Trinajstić information content (AvgIpc) is 1.91. The standard InChI is InChI=1S/C6H14INO/c1-2-9-7-3-5-8-6-4-7/h8H,2-6H2,1H3. The van der Waals surface area contributed by atoms with Crippen LogP contribution in [0.4, 0.5) is 0 Å². The van der Waals surface area contributed by atoms with Gasteiger partial charge in [0.15, 0.2) is 0 Å². The fourth-order valence-electron chi connectivity index (χ4n) is 0.827. The van der Waals surface area contributed by atoms with E-state index in [4.69, 9.17) is 3.07 Å². The molecule has 0 unspecified atom stereocenters. The summed E-state index contributed by atoms with van der Waals surface area (Å²) in [4.78, 5) is 0. The van der Waals surface area contributed by atoms with Crippen molar-refractivity contribution in [1.29, 1.82) is 0 Å². The maximum absolute atomic E-state index is 5.60. The predicted molar refractivity (Wildman–Crippen MR) is 48.2 cm³/mol. The molecule has 3 heteroatoms. The predicted octanol–water partition coefficient (Wildman–Crippen LogP) is 1.05. The van der Waals surface area contributed by atoms with Crippen molar-refractivity contribution in [2.45, 2.75) is 6.92 Å². The van der Waals surface area contributed by atoms with Gasteiger partial charge in [0.1, 0.15) is 0 Å². The summed E-state index contributed by atoms with van der Waals surface area (Å²) in [6, 6.07) is 0. The van der Waals surface area contributed by atoms with Crippen LogP contribution in [0.2, 0.25) is 0 Å².